The highest BCUT2D eigenvalue weighted by molar-refractivity contribution is 5.85. The lowest BCUT2D eigenvalue weighted by Gasteiger charge is -2.27. The van der Waals surface area contributed by atoms with Gasteiger partial charge in [-0.15, -0.1) is 0 Å². The van der Waals surface area contributed by atoms with Crippen molar-refractivity contribution in [1.82, 2.24) is 10.2 Å². The number of methoxy groups -OCH3 is 2. The molecule has 1 aliphatic carbocycles. The Morgan fingerprint density at radius 1 is 0.925 bits per heavy atom. The SMILES string of the molecule is COc1cc(OC)cc(C(NC(=O)CN(CC(=O)O)C(=O)OC(C)(C)C)c2ccc(OCC3CCCC3)cc2)c1. The van der Waals surface area contributed by atoms with Crippen molar-refractivity contribution in [3.8, 4) is 17.2 Å². The number of carbonyl (C=O) groups excluding carboxylic acids is 2. The Bertz CT molecular complexity index is 1130. The fourth-order valence-electron chi connectivity index (χ4n) is 4.56. The third kappa shape index (κ3) is 9.36. The zero-order chi connectivity index (χ0) is 29.3. The van der Waals surface area contributed by atoms with E-state index in [-0.39, 0.29) is 0 Å². The van der Waals surface area contributed by atoms with E-state index in [0.717, 1.165) is 16.2 Å². The van der Waals surface area contributed by atoms with Crippen LogP contribution in [0.15, 0.2) is 42.5 Å². The first-order valence-corrected chi connectivity index (χ1v) is 13.4. The average molecular weight is 557 g/mol. The number of carbonyl (C=O) groups is 3. The molecule has 1 unspecified atom stereocenters. The molecule has 2 N–H and O–H groups in total. The first kappa shape index (κ1) is 30.6. The first-order valence-electron chi connectivity index (χ1n) is 13.4. The van der Waals surface area contributed by atoms with E-state index in [4.69, 9.17) is 18.9 Å². The number of benzene rings is 2. The summed E-state index contributed by atoms with van der Waals surface area (Å²) in [5.41, 5.74) is 0.566. The Balaban J connectivity index is 1.85. The smallest absolute Gasteiger partial charge is 0.411 e. The van der Waals surface area contributed by atoms with E-state index in [1.54, 1.807) is 39.0 Å². The molecule has 2 amide bonds. The van der Waals surface area contributed by atoms with Gasteiger partial charge in [-0.05, 0) is 74.9 Å². The minimum Gasteiger partial charge on any atom is -0.497 e. The summed E-state index contributed by atoms with van der Waals surface area (Å²) in [5, 5.41) is 12.3. The van der Waals surface area contributed by atoms with Crippen LogP contribution in [0.1, 0.15) is 63.6 Å². The molecule has 0 spiro atoms. The maximum absolute atomic E-state index is 13.2. The predicted octanol–water partition coefficient (Wildman–Crippen LogP) is 4.80. The largest absolute Gasteiger partial charge is 0.497 e. The number of ether oxygens (including phenoxy) is 4. The molecule has 0 saturated heterocycles. The van der Waals surface area contributed by atoms with Crippen LogP contribution in [0.2, 0.25) is 0 Å². The normalized spacial score (nSPS) is 14.2. The molecule has 1 saturated carbocycles. The molecule has 0 bridgehead atoms. The summed E-state index contributed by atoms with van der Waals surface area (Å²) in [6.45, 7) is 4.47. The molecule has 0 radical (unpaired) electrons. The van der Waals surface area contributed by atoms with Gasteiger partial charge in [-0.25, -0.2) is 4.79 Å². The van der Waals surface area contributed by atoms with Crippen LogP contribution in [0.4, 0.5) is 4.79 Å². The van der Waals surface area contributed by atoms with E-state index in [0.29, 0.717) is 29.6 Å². The summed E-state index contributed by atoms with van der Waals surface area (Å²) in [4.78, 5) is 38.1. The van der Waals surface area contributed by atoms with Gasteiger partial charge in [0.2, 0.25) is 5.91 Å². The van der Waals surface area contributed by atoms with Crippen LogP contribution >= 0.6 is 0 Å². The van der Waals surface area contributed by atoms with Crippen LogP contribution in [0.5, 0.6) is 17.2 Å². The molecule has 1 aliphatic rings. The van der Waals surface area contributed by atoms with E-state index in [9.17, 15) is 19.5 Å². The molecular formula is C30H40N2O8. The Kier molecular flexibility index (Phi) is 10.6. The van der Waals surface area contributed by atoms with E-state index < -0.39 is 42.7 Å². The number of hydrogen-bond donors (Lipinski definition) is 2. The highest BCUT2D eigenvalue weighted by Gasteiger charge is 2.27. The molecule has 0 aliphatic heterocycles. The van der Waals surface area contributed by atoms with Gasteiger partial charge in [0.1, 0.15) is 35.9 Å². The summed E-state index contributed by atoms with van der Waals surface area (Å²) in [6, 6.07) is 12.1. The molecule has 10 heteroatoms. The second kappa shape index (κ2) is 13.9. The third-order valence-electron chi connectivity index (χ3n) is 6.50. The van der Waals surface area contributed by atoms with E-state index in [2.05, 4.69) is 5.32 Å². The number of carboxylic acids is 1. The fraction of sp³-hybridized carbons (Fsp3) is 0.500. The molecular weight excluding hydrogens is 516 g/mol. The minimum atomic E-state index is -1.26. The third-order valence-corrected chi connectivity index (χ3v) is 6.50. The number of nitrogens with zero attached hydrogens (tertiary/aromatic N) is 1. The molecule has 40 heavy (non-hydrogen) atoms. The molecule has 1 fully saturated rings. The van der Waals surface area contributed by atoms with Crippen LogP contribution in [-0.4, -0.2) is 67.5 Å². The van der Waals surface area contributed by atoms with Gasteiger partial charge in [0, 0.05) is 6.07 Å². The maximum Gasteiger partial charge on any atom is 0.411 e. The Labute approximate surface area is 235 Å². The van der Waals surface area contributed by atoms with Crippen molar-refractivity contribution in [3.05, 3.63) is 53.6 Å². The zero-order valence-corrected chi connectivity index (χ0v) is 23.9. The summed E-state index contributed by atoms with van der Waals surface area (Å²) >= 11 is 0. The van der Waals surface area contributed by atoms with Crippen molar-refractivity contribution in [2.75, 3.05) is 33.9 Å². The maximum atomic E-state index is 13.2. The van der Waals surface area contributed by atoms with Crippen LogP contribution in [-0.2, 0) is 14.3 Å². The molecule has 1 atom stereocenters. The summed E-state index contributed by atoms with van der Waals surface area (Å²) < 4.78 is 22.2. The lowest BCUT2D eigenvalue weighted by Crippen LogP contribution is -2.46. The van der Waals surface area contributed by atoms with Crippen molar-refractivity contribution in [2.45, 2.75) is 58.1 Å². The van der Waals surface area contributed by atoms with Gasteiger partial charge in [0.15, 0.2) is 0 Å². The monoisotopic (exact) mass is 556 g/mol. The van der Waals surface area contributed by atoms with Crippen molar-refractivity contribution in [1.29, 1.82) is 0 Å². The summed E-state index contributed by atoms with van der Waals surface area (Å²) in [5.74, 6) is 0.551. The number of hydrogen-bond acceptors (Lipinski definition) is 7. The Morgan fingerprint density at radius 3 is 2.05 bits per heavy atom. The topological polar surface area (TPSA) is 124 Å². The van der Waals surface area contributed by atoms with Crippen molar-refractivity contribution in [3.63, 3.8) is 0 Å². The van der Waals surface area contributed by atoms with Gasteiger partial charge < -0.3 is 29.4 Å². The van der Waals surface area contributed by atoms with Crippen molar-refractivity contribution < 1.29 is 38.4 Å². The van der Waals surface area contributed by atoms with Gasteiger partial charge in [-0.2, -0.15) is 0 Å². The number of carboxylic acid groups (broad SMARTS) is 1. The highest BCUT2D eigenvalue weighted by Crippen LogP contribution is 2.31. The number of amides is 2. The standard InChI is InChI=1S/C30H40N2O8/c1-30(2,3)40-29(36)32(18-27(34)35)17-26(33)31-28(22-14-24(37-4)16-25(15-22)38-5)21-10-12-23(13-11-21)39-19-20-8-6-7-9-20/h10-16,20,28H,6-9,17-19H2,1-5H3,(H,31,33)(H,34,35). The highest BCUT2D eigenvalue weighted by atomic mass is 16.6. The number of rotatable bonds is 12. The van der Waals surface area contributed by atoms with Crippen LogP contribution < -0.4 is 19.5 Å². The number of nitrogens with one attached hydrogen (secondary N) is 1. The Hall–Kier alpha value is -3.95. The van der Waals surface area contributed by atoms with Gasteiger partial charge in [0.05, 0.1) is 26.9 Å². The van der Waals surface area contributed by atoms with E-state index in [1.807, 2.05) is 24.3 Å². The lowest BCUT2D eigenvalue weighted by atomic mass is 9.97. The lowest BCUT2D eigenvalue weighted by molar-refractivity contribution is -0.138. The molecule has 10 nitrogen and oxygen atoms in total. The summed E-state index contributed by atoms with van der Waals surface area (Å²) in [6.07, 6.45) is 3.97. The second-order valence-corrected chi connectivity index (χ2v) is 10.9. The quantitative estimate of drug-likeness (QED) is 0.382. The molecule has 2 aromatic carbocycles. The molecule has 0 heterocycles. The predicted molar refractivity (Wildman–Crippen MR) is 149 cm³/mol. The fourth-order valence-corrected chi connectivity index (χ4v) is 4.56. The van der Waals surface area contributed by atoms with Gasteiger partial charge >= 0.3 is 12.1 Å². The number of aliphatic carboxylic acids is 1. The molecule has 0 aromatic heterocycles. The second-order valence-electron chi connectivity index (χ2n) is 10.9. The van der Waals surface area contributed by atoms with Crippen LogP contribution in [0.25, 0.3) is 0 Å². The molecule has 3 rings (SSSR count). The van der Waals surface area contributed by atoms with Crippen molar-refractivity contribution in [2.24, 2.45) is 5.92 Å². The average Bonchev–Trinajstić information content (AvgIpc) is 3.43. The van der Waals surface area contributed by atoms with Crippen LogP contribution in [0.3, 0.4) is 0 Å². The van der Waals surface area contributed by atoms with Gasteiger partial charge in [-0.1, -0.05) is 25.0 Å². The molecule has 2 aromatic rings. The summed E-state index contributed by atoms with van der Waals surface area (Å²) in [7, 11) is 3.07. The van der Waals surface area contributed by atoms with Crippen molar-refractivity contribution >= 4 is 18.0 Å². The minimum absolute atomic E-state index is 0.513. The molecule has 218 valence electrons. The first-order chi connectivity index (χ1) is 19.0. The van der Waals surface area contributed by atoms with Gasteiger partial charge in [0.25, 0.3) is 0 Å². The van der Waals surface area contributed by atoms with E-state index >= 15 is 0 Å². The van der Waals surface area contributed by atoms with Crippen LogP contribution in [0, 0.1) is 5.92 Å². The van der Waals surface area contributed by atoms with Gasteiger partial charge in [-0.3, -0.25) is 14.5 Å². The van der Waals surface area contributed by atoms with E-state index in [1.165, 1.54) is 39.9 Å². The Morgan fingerprint density at radius 2 is 1.52 bits per heavy atom. The zero-order valence-electron chi connectivity index (χ0n) is 23.9.